The first kappa shape index (κ1) is 21.6. The summed E-state index contributed by atoms with van der Waals surface area (Å²) in [6, 6.07) is 21.7. The van der Waals surface area contributed by atoms with Crippen molar-refractivity contribution in [1.29, 1.82) is 0 Å². The Kier molecular flexibility index (Phi) is 5.84. The monoisotopic (exact) mass is 493 g/mol. The van der Waals surface area contributed by atoms with Crippen LogP contribution in [-0.4, -0.2) is 25.1 Å². The predicted molar refractivity (Wildman–Crippen MR) is 132 cm³/mol. The van der Waals surface area contributed by atoms with E-state index < -0.39 is 10.0 Å². The van der Waals surface area contributed by atoms with E-state index in [1.165, 1.54) is 0 Å². The van der Waals surface area contributed by atoms with Crippen molar-refractivity contribution in [2.24, 2.45) is 4.40 Å². The third kappa shape index (κ3) is 4.61. The molecule has 0 fully saturated rings. The quantitative estimate of drug-likeness (QED) is 0.400. The molecular weight excluding hydrogens is 474 g/mol. The lowest BCUT2D eigenvalue weighted by atomic mass is 10.1. The van der Waals surface area contributed by atoms with Crippen molar-refractivity contribution in [1.82, 2.24) is 4.90 Å². The fourth-order valence-corrected chi connectivity index (χ4v) is 6.21. The van der Waals surface area contributed by atoms with Crippen LogP contribution in [0.15, 0.2) is 92.8 Å². The van der Waals surface area contributed by atoms with Crippen LogP contribution in [-0.2, 0) is 23.1 Å². The Morgan fingerprint density at radius 2 is 1.48 bits per heavy atom. The second-order valence-electron chi connectivity index (χ2n) is 7.43. The van der Waals surface area contributed by atoms with Gasteiger partial charge in [0, 0.05) is 26.6 Å². The van der Waals surface area contributed by atoms with Gasteiger partial charge in [-0.3, -0.25) is 4.79 Å². The molecule has 2 aromatic carbocycles. The number of thiophene rings is 2. The summed E-state index contributed by atoms with van der Waals surface area (Å²) in [7, 11) is -3.69. The lowest BCUT2D eigenvalue weighted by molar-refractivity contribution is 0.0733. The van der Waals surface area contributed by atoms with Crippen molar-refractivity contribution < 1.29 is 13.2 Å². The second-order valence-corrected chi connectivity index (χ2v) is 11.1. The van der Waals surface area contributed by atoms with E-state index >= 15 is 0 Å². The average Bonchev–Trinajstić information content (AvgIpc) is 3.56. The van der Waals surface area contributed by atoms with Gasteiger partial charge < -0.3 is 10.2 Å². The number of hydrogen-bond donors (Lipinski definition) is 1. The molecule has 0 unspecified atom stereocenters. The Morgan fingerprint density at radius 1 is 0.848 bits per heavy atom. The number of carbonyl (C=O) groups excluding carboxylic acids is 1. The van der Waals surface area contributed by atoms with Crippen LogP contribution in [0.5, 0.6) is 0 Å². The topological polar surface area (TPSA) is 78.8 Å². The highest BCUT2D eigenvalue weighted by Crippen LogP contribution is 2.27. The molecule has 1 aliphatic rings. The van der Waals surface area contributed by atoms with E-state index in [0.717, 1.165) is 9.75 Å². The van der Waals surface area contributed by atoms with Gasteiger partial charge in [0.15, 0.2) is 5.84 Å². The summed E-state index contributed by atoms with van der Waals surface area (Å²) in [6.07, 6.45) is 0. The third-order valence-corrected chi connectivity index (χ3v) is 8.22. The molecule has 33 heavy (non-hydrogen) atoms. The first-order valence-corrected chi connectivity index (χ1v) is 13.3. The molecule has 9 heteroatoms. The minimum Gasteiger partial charge on any atom is -0.339 e. The number of anilines is 1. The third-order valence-electron chi connectivity index (χ3n) is 5.17. The molecule has 3 heterocycles. The van der Waals surface area contributed by atoms with Gasteiger partial charge in [0.25, 0.3) is 15.9 Å². The van der Waals surface area contributed by atoms with E-state index in [0.29, 0.717) is 29.9 Å². The minimum absolute atomic E-state index is 0.0607. The normalized spacial score (nSPS) is 13.9. The van der Waals surface area contributed by atoms with Crippen molar-refractivity contribution >= 4 is 50.1 Å². The van der Waals surface area contributed by atoms with E-state index in [1.54, 1.807) is 71.2 Å². The number of nitrogens with one attached hydrogen (secondary N) is 1. The smallest absolute Gasteiger partial charge is 0.285 e. The van der Waals surface area contributed by atoms with E-state index in [2.05, 4.69) is 9.71 Å². The fourth-order valence-electron chi connectivity index (χ4n) is 3.59. The SMILES string of the molecule is O=C(c1ccc(NC2=NS(=O)(=O)c3ccccc32)cc1)N(Cc1cccs1)Cc1cccs1. The molecule has 6 nitrogen and oxygen atoms in total. The highest BCUT2D eigenvalue weighted by atomic mass is 32.2. The first-order chi connectivity index (χ1) is 16.0. The maximum absolute atomic E-state index is 13.3. The van der Waals surface area contributed by atoms with Gasteiger partial charge in [-0.05, 0) is 59.3 Å². The molecule has 5 rings (SSSR count). The molecule has 0 spiro atoms. The molecule has 1 amide bonds. The number of hydrogen-bond acceptors (Lipinski definition) is 6. The maximum Gasteiger partial charge on any atom is 0.285 e. The predicted octanol–water partition coefficient (Wildman–Crippen LogP) is 5.21. The minimum atomic E-state index is -3.69. The van der Waals surface area contributed by atoms with Gasteiger partial charge in [-0.25, -0.2) is 0 Å². The van der Waals surface area contributed by atoms with Crippen LogP contribution in [0.1, 0.15) is 25.7 Å². The summed E-state index contributed by atoms with van der Waals surface area (Å²) < 4.78 is 28.4. The Bertz CT molecular complexity index is 1370. The highest BCUT2D eigenvalue weighted by Gasteiger charge is 2.28. The van der Waals surface area contributed by atoms with Gasteiger partial charge >= 0.3 is 0 Å². The van der Waals surface area contributed by atoms with Crippen molar-refractivity contribution in [2.45, 2.75) is 18.0 Å². The lowest BCUT2D eigenvalue weighted by Gasteiger charge is -2.22. The van der Waals surface area contributed by atoms with Gasteiger partial charge in [-0.1, -0.05) is 24.3 Å². The summed E-state index contributed by atoms with van der Waals surface area (Å²) in [5.74, 6) is 0.219. The zero-order chi connectivity index (χ0) is 22.8. The molecule has 2 aromatic heterocycles. The molecular formula is C24H19N3O3S3. The number of fused-ring (bicyclic) bond motifs is 1. The van der Waals surface area contributed by atoms with Crippen LogP contribution >= 0.6 is 22.7 Å². The Morgan fingerprint density at radius 3 is 2.09 bits per heavy atom. The van der Waals surface area contributed by atoms with Gasteiger partial charge in [0.05, 0.1) is 13.1 Å². The Hall–Kier alpha value is -3.27. The zero-order valence-electron chi connectivity index (χ0n) is 17.3. The van der Waals surface area contributed by atoms with E-state index in [-0.39, 0.29) is 16.6 Å². The largest absolute Gasteiger partial charge is 0.339 e. The second kappa shape index (κ2) is 8.93. The van der Waals surface area contributed by atoms with Crippen molar-refractivity contribution in [3.63, 3.8) is 0 Å². The summed E-state index contributed by atoms with van der Waals surface area (Å²) in [4.78, 5) is 17.6. The first-order valence-electron chi connectivity index (χ1n) is 10.1. The number of nitrogens with zero attached hydrogens (tertiary/aromatic N) is 2. The molecule has 1 N–H and O–H groups in total. The van der Waals surface area contributed by atoms with Crippen molar-refractivity contribution in [3.8, 4) is 0 Å². The summed E-state index contributed by atoms with van der Waals surface area (Å²) in [5.41, 5.74) is 1.76. The van der Waals surface area contributed by atoms with Crippen LogP contribution in [0, 0.1) is 0 Å². The summed E-state index contributed by atoms with van der Waals surface area (Å²) in [6.45, 7) is 1.08. The molecule has 0 bridgehead atoms. The molecule has 0 saturated heterocycles. The highest BCUT2D eigenvalue weighted by molar-refractivity contribution is 7.90. The number of carbonyl (C=O) groups is 1. The Labute approximate surface area is 199 Å². The van der Waals surface area contributed by atoms with E-state index in [1.807, 2.05) is 39.9 Å². The molecule has 1 aliphatic heterocycles. The number of benzene rings is 2. The lowest BCUT2D eigenvalue weighted by Crippen LogP contribution is -2.29. The molecule has 0 aliphatic carbocycles. The molecule has 0 radical (unpaired) electrons. The van der Waals surface area contributed by atoms with Crippen LogP contribution < -0.4 is 5.32 Å². The number of amides is 1. The number of amidine groups is 1. The van der Waals surface area contributed by atoms with Gasteiger partial charge in [-0.2, -0.15) is 8.42 Å². The molecule has 166 valence electrons. The zero-order valence-corrected chi connectivity index (χ0v) is 19.8. The van der Waals surface area contributed by atoms with Crippen LogP contribution in [0.3, 0.4) is 0 Å². The number of rotatable bonds is 6. The summed E-state index contributed by atoms with van der Waals surface area (Å²) >= 11 is 3.26. The van der Waals surface area contributed by atoms with Crippen LogP contribution in [0.25, 0.3) is 0 Å². The van der Waals surface area contributed by atoms with Crippen molar-refractivity contribution in [2.75, 3.05) is 5.32 Å². The maximum atomic E-state index is 13.3. The molecule has 0 atom stereocenters. The standard InChI is InChI=1S/C24H19N3O3S3/c28-24(27(15-19-5-3-13-31-19)16-20-6-4-14-32-20)17-9-11-18(12-10-17)25-23-21-7-1-2-8-22(21)33(29,30)26-23/h1-14H,15-16H2,(H,25,26). The van der Waals surface area contributed by atoms with Gasteiger partial charge in [-0.15, -0.1) is 27.1 Å². The summed E-state index contributed by atoms with van der Waals surface area (Å²) in [5, 5.41) is 7.09. The average molecular weight is 494 g/mol. The van der Waals surface area contributed by atoms with Gasteiger partial charge in [0.1, 0.15) is 4.90 Å². The Balaban J connectivity index is 1.35. The van der Waals surface area contributed by atoms with Gasteiger partial charge in [0.2, 0.25) is 0 Å². The van der Waals surface area contributed by atoms with Crippen LogP contribution in [0.4, 0.5) is 5.69 Å². The number of sulfonamides is 1. The van der Waals surface area contributed by atoms with Crippen molar-refractivity contribution in [3.05, 3.63) is 104 Å². The fraction of sp³-hybridized carbons (Fsp3) is 0.0833. The van der Waals surface area contributed by atoms with E-state index in [4.69, 9.17) is 0 Å². The molecule has 4 aromatic rings. The van der Waals surface area contributed by atoms with Crippen LogP contribution in [0.2, 0.25) is 0 Å². The molecule has 0 saturated carbocycles. The van der Waals surface area contributed by atoms with E-state index in [9.17, 15) is 13.2 Å².